The Morgan fingerprint density at radius 3 is 0.539 bits per heavy atom. The van der Waals surface area contributed by atoms with Crippen molar-refractivity contribution in [3.05, 3.63) is 0 Å². The van der Waals surface area contributed by atoms with Crippen LogP contribution in [0.5, 0.6) is 0 Å². The molecule has 102 heavy (non-hydrogen) atoms. The van der Waals surface area contributed by atoms with Crippen LogP contribution < -0.4 is 157 Å². The second-order valence-electron chi connectivity index (χ2n) is 22.8. The summed E-state index contributed by atoms with van der Waals surface area (Å²) in [6.07, 6.45) is -1.85. The van der Waals surface area contributed by atoms with E-state index in [1.807, 2.05) is 0 Å². The van der Waals surface area contributed by atoms with Crippen LogP contribution in [0.3, 0.4) is 0 Å². The van der Waals surface area contributed by atoms with Crippen LogP contribution >= 0.6 is 0 Å². The zero-order valence-corrected chi connectivity index (χ0v) is 57.3. The van der Waals surface area contributed by atoms with Crippen molar-refractivity contribution in [1.82, 2.24) is 47.9 Å². The van der Waals surface area contributed by atoms with Gasteiger partial charge >= 0.3 is 0 Å². The molecule has 0 spiro atoms. The van der Waals surface area contributed by atoms with Crippen molar-refractivity contribution in [2.45, 2.75) is 170 Å². The molecule has 0 heterocycles. The smallest absolute Gasteiger partial charge is 0.243 e. The third-order valence-electron chi connectivity index (χ3n) is 14.2. The van der Waals surface area contributed by atoms with Gasteiger partial charge in [-0.2, -0.15) is 0 Å². The quantitative estimate of drug-likeness (QED) is 0.0153. The van der Waals surface area contributed by atoms with Gasteiger partial charge in [0.1, 0.15) is 54.4 Å². The van der Waals surface area contributed by atoms with Crippen molar-refractivity contribution in [3.8, 4) is 0 Å². The van der Waals surface area contributed by atoms with Gasteiger partial charge in [-0.15, -0.1) is 0 Å². The summed E-state index contributed by atoms with van der Waals surface area (Å²) in [4.78, 5) is 184. The Bertz CT molecular complexity index is 2950. The lowest BCUT2D eigenvalue weighted by molar-refractivity contribution is -0.136. The lowest BCUT2D eigenvalue weighted by Crippen LogP contribution is -2.60. The van der Waals surface area contributed by atoms with Crippen molar-refractivity contribution in [2.24, 2.45) is 149 Å². The maximum Gasteiger partial charge on any atom is 0.243 e. The van der Waals surface area contributed by atoms with Crippen LogP contribution in [-0.2, 0) is 52.7 Å². The Morgan fingerprint density at radius 2 is 0.382 bits per heavy atom. The average Bonchev–Trinajstić information content (AvgIpc) is 0.862. The standard InChI is InChI=1S/C55H110N36O11/c56-27-38(93)83-29(10-2-20-76-49(61)62)40(95)85-31(12-4-22-78-51(65)66)42(97)87-32(13-5-23-79-52(67)68)43(98)88-33(14-6-24-80-53(69)70)44(99)89-35(16-8-26-82-55(73)74)46(101)91-36(17-18-37(57)92)47(102)90-34(15-7-25-81-54(71)72)45(100)86-30(11-3-21-77-50(63)64)41(96)84-28(39(58)94)9-1-19-75-48(59)60/h28-36H,1-27,56H2,(H2,57,92)(H2,58,94)(H,83,93)(H,84,96)(H,85,95)(H,86,100)(H,87,97)(H,88,98)(H,89,99)(H,90,102)(H,91,101)(H4,59,60,75)(H4,61,62,76)(H4,63,64,77)(H4,65,66,78)(H4,67,68,79)(H4,69,70,80)(H4,71,72,81)(H4,73,74,82)/t28-,29-,30-,31-,32-,33-,34-,35-,36-/m0/s1. The molecule has 11 amide bonds. The summed E-state index contributed by atoms with van der Waals surface area (Å²) in [5.74, 6) is -12.7. The SMILES string of the molecule is NCC(=O)N[C@@H](CCCN=C(N)N)C(=O)N[C@@H](CCCN=C(N)N)C(=O)N[C@@H](CCCN=C(N)N)C(=O)N[C@@H](CCCN=C(N)N)C(=O)N[C@@H](CCCN=C(N)N)C(=O)N[C@@H](CCC(N)=O)C(=O)N[C@@H](CCCN=C(N)N)C(=O)N[C@@H](CCCN=C(N)N)C(=O)N[C@@H](CCCN=C(N)N)C(N)=O. The molecule has 9 atom stereocenters. The maximum absolute atomic E-state index is 14.8. The molecule has 0 saturated heterocycles. The number of nitrogens with one attached hydrogen (secondary N) is 9. The summed E-state index contributed by atoms with van der Waals surface area (Å²) in [6.45, 7) is -0.757. The number of hydrogen-bond acceptors (Lipinski definition) is 20. The monoisotopic (exact) mass is 1450 g/mol. The molecule has 0 unspecified atom stereocenters. The number of rotatable bonds is 54. The highest BCUT2D eigenvalue weighted by molar-refractivity contribution is 5.99. The van der Waals surface area contributed by atoms with E-state index in [1.165, 1.54) is 0 Å². The molecule has 576 valence electrons. The van der Waals surface area contributed by atoms with E-state index in [4.69, 9.17) is 109 Å². The number of aliphatic imine (C=N–C) groups is 8. The molecule has 47 heteroatoms. The molecule has 0 saturated carbocycles. The molecule has 47 N–H and O–H groups in total. The molecule has 0 bridgehead atoms. The molecule has 0 rings (SSSR count). The van der Waals surface area contributed by atoms with E-state index in [0.717, 1.165) is 0 Å². The number of carbonyl (C=O) groups excluding carboxylic acids is 11. The van der Waals surface area contributed by atoms with Gasteiger partial charge in [-0.3, -0.25) is 92.7 Å². The molecule has 0 aromatic rings. The molecule has 0 fully saturated rings. The number of guanidine groups is 8. The fourth-order valence-corrected chi connectivity index (χ4v) is 9.18. The normalized spacial score (nSPS) is 13.2. The lowest BCUT2D eigenvalue weighted by Gasteiger charge is -2.28. The summed E-state index contributed by atoms with van der Waals surface area (Å²) in [5, 5.41) is 23.1. The number of amides is 11. The highest BCUT2D eigenvalue weighted by atomic mass is 16.2. The topological polar surface area (TPSA) is 889 Å². The minimum absolute atomic E-state index is 0.00793. The Kier molecular flexibility index (Phi) is 45.6. The van der Waals surface area contributed by atoms with E-state index in [9.17, 15) is 52.7 Å². The molecule has 0 aromatic carbocycles. The van der Waals surface area contributed by atoms with Crippen molar-refractivity contribution in [3.63, 3.8) is 0 Å². The number of hydrogen-bond donors (Lipinski definition) is 28. The van der Waals surface area contributed by atoms with Gasteiger partial charge in [-0.1, -0.05) is 0 Å². The van der Waals surface area contributed by atoms with Crippen LogP contribution in [0.15, 0.2) is 39.9 Å². The van der Waals surface area contributed by atoms with E-state index < -0.39 is 139 Å². The fraction of sp³-hybridized carbons (Fsp3) is 0.655. The van der Waals surface area contributed by atoms with Gasteiger partial charge in [0.2, 0.25) is 65.0 Å². The summed E-state index contributed by atoms with van der Waals surface area (Å²) < 4.78 is 0. The van der Waals surface area contributed by atoms with Crippen LogP contribution in [0.2, 0.25) is 0 Å². The second kappa shape index (κ2) is 51.5. The Hall–Kier alpha value is -11.7. The zero-order valence-electron chi connectivity index (χ0n) is 57.3. The highest BCUT2D eigenvalue weighted by Crippen LogP contribution is 2.12. The van der Waals surface area contributed by atoms with Gasteiger partial charge in [-0.25, -0.2) is 0 Å². The van der Waals surface area contributed by atoms with Crippen molar-refractivity contribution in [2.75, 3.05) is 58.9 Å². The van der Waals surface area contributed by atoms with Crippen molar-refractivity contribution >= 4 is 113 Å². The van der Waals surface area contributed by atoms with Crippen LogP contribution in [0.4, 0.5) is 0 Å². The van der Waals surface area contributed by atoms with E-state index >= 15 is 0 Å². The largest absolute Gasteiger partial charge is 0.370 e. The minimum atomic E-state index is -1.73. The molecule has 0 aliphatic heterocycles. The number of primary amides is 2. The lowest BCUT2D eigenvalue weighted by atomic mass is 10.0. The van der Waals surface area contributed by atoms with Gasteiger partial charge in [0.05, 0.1) is 6.54 Å². The van der Waals surface area contributed by atoms with E-state index in [0.29, 0.717) is 0 Å². The first-order valence-electron chi connectivity index (χ1n) is 32.5. The number of carbonyl (C=O) groups is 11. The summed E-state index contributed by atoms with van der Waals surface area (Å²) in [7, 11) is 0. The van der Waals surface area contributed by atoms with Gasteiger partial charge in [0.25, 0.3) is 0 Å². The Labute approximate surface area is 589 Å². The Morgan fingerprint density at radius 1 is 0.225 bits per heavy atom. The van der Waals surface area contributed by atoms with Gasteiger partial charge in [0, 0.05) is 58.8 Å². The number of nitrogens with zero attached hydrogens (tertiary/aromatic N) is 8. The predicted molar refractivity (Wildman–Crippen MR) is 383 cm³/mol. The highest BCUT2D eigenvalue weighted by Gasteiger charge is 2.36. The summed E-state index contributed by atoms with van der Waals surface area (Å²) in [6, 6.07) is -13.5. The summed E-state index contributed by atoms with van der Waals surface area (Å²) in [5.41, 5.74) is 105. The van der Waals surface area contributed by atoms with Crippen LogP contribution in [0.1, 0.15) is 116 Å². The molecule has 0 radical (unpaired) electrons. The molecular weight excluding hydrogens is 1340 g/mol. The van der Waals surface area contributed by atoms with Crippen LogP contribution in [-0.4, -0.2) is 226 Å². The third kappa shape index (κ3) is 44.3. The maximum atomic E-state index is 14.8. The first-order chi connectivity index (χ1) is 48.1. The molecule has 0 aromatic heterocycles. The van der Waals surface area contributed by atoms with Gasteiger partial charge in [-0.05, 0) is 109 Å². The third-order valence-corrected chi connectivity index (χ3v) is 14.2. The van der Waals surface area contributed by atoms with Crippen LogP contribution in [0.25, 0.3) is 0 Å². The van der Waals surface area contributed by atoms with E-state index in [2.05, 4.69) is 87.8 Å². The van der Waals surface area contributed by atoms with E-state index in [1.54, 1.807) is 0 Å². The molecule has 47 nitrogen and oxygen atoms in total. The Balaban J connectivity index is 7.77. The average molecular weight is 1450 g/mol. The van der Waals surface area contributed by atoms with Crippen molar-refractivity contribution in [1.29, 1.82) is 0 Å². The minimum Gasteiger partial charge on any atom is -0.370 e. The first kappa shape index (κ1) is 90.3. The molecule has 0 aliphatic carbocycles. The second-order valence-corrected chi connectivity index (χ2v) is 22.8. The molecule has 0 aliphatic rings. The fourth-order valence-electron chi connectivity index (χ4n) is 9.18. The molecular formula is C55H110N36O11. The van der Waals surface area contributed by atoms with Crippen molar-refractivity contribution < 1.29 is 52.7 Å². The number of nitrogens with two attached hydrogens (primary N) is 19. The van der Waals surface area contributed by atoms with Gasteiger partial charge in [0.15, 0.2) is 47.7 Å². The summed E-state index contributed by atoms with van der Waals surface area (Å²) >= 11 is 0. The first-order valence-corrected chi connectivity index (χ1v) is 32.5. The predicted octanol–water partition coefficient (Wildman–Crippen LogP) is -14.5. The van der Waals surface area contributed by atoms with Gasteiger partial charge < -0.3 is 157 Å². The van der Waals surface area contributed by atoms with Crippen LogP contribution in [0, 0.1) is 0 Å². The van der Waals surface area contributed by atoms with E-state index in [-0.39, 0.29) is 203 Å². The zero-order chi connectivity index (χ0) is 77.3.